The average Bonchev–Trinajstić information content (AvgIpc) is 3.15. The number of anilines is 1. The van der Waals surface area contributed by atoms with Gasteiger partial charge in [-0.25, -0.2) is 9.07 Å². The van der Waals surface area contributed by atoms with Crippen LogP contribution in [0.15, 0.2) is 42.5 Å². The third kappa shape index (κ3) is 4.14. The molecule has 0 unspecified atom stereocenters. The number of carbonyl (C=O) groups excluding carboxylic acids is 2. The number of aryl methyl sites for hydroxylation is 1. The van der Waals surface area contributed by atoms with Gasteiger partial charge < -0.3 is 10.6 Å². The number of alkyl halides is 3. The Morgan fingerprint density at radius 1 is 1.07 bits per heavy atom. The number of carbonyl (C=O) groups is 2. The Balaban J connectivity index is 1.98. The van der Waals surface area contributed by atoms with Crippen LogP contribution in [0.2, 0.25) is 0 Å². The summed E-state index contributed by atoms with van der Waals surface area (Å²) in [7, 11) is 1.45. The molecule has 0 saturated carbocycles. The molecular formula is C19H15F4N5O2. The Bertz CT molecular complexity index is 1120. The molecule has 156 valence electrons. The first-order valence-corrected chi connectivity index (χ1v) is 8.54. The summed E-state index contributed by atoms with van der Waals surface area (Å²) in [5.41, 5.74) is -1.68. The topological polar surface area (TPSA) is 88.9 Å². The Morgan fingerprint density at radius 2 is 1.80 bits per heavy atom. The van der Waals surface area contributed by atoms with E-state index in [4.69, 9.17) is 0 Å². The number of nitrogens with one attached hydrogen (secondary N) is 2. The van der Waals surface area contributed by atoms with E-state index in [-0.39, 0.29) is 17.3 Å². The van der Waals surface area contributed by atoms with E-state index >= 15 is 0 Å². The van der Waals surface area contributed by atoms with E-state index in [1.165, 1.54) is 37.4 Å². The molecule has 1 heterocycles. The molecule has 0 radical (unpaired) electrons. The second-order valence-corrected chi connectivity index (χ2v) is 6.24. The number of nitrogens with zero attached hydrogens (tertiary/aromatic N) is 3. The number of amides is 2. The van der Waals surface area contributed by atoms with Gasteiger partial charge in [-0.05, 0) is 48.9 Å². The van der Waals surface area contributed by atoms with Gasteiger partial charge >= 0.3 is 6.18 Å². The summed E-state index contributed by atoms with van der Waals surface area (Å²) in [6.45, 7) is 1.58. The van der Waals surface area contributed by atoms with E-state index in [1.54, 1.807) is 6.92 Å². The van der Waals surface area contributed by atoms with E-state index in [9.17, 15) is 27.2 Å². The first-order valence-electron chi connectivity index (χ1n) is 8.54. The minimum atomic E-state index is -4.99. The van der Waals surface area contributed by atoms with Crippen molar-refractivity contribution in [3.63, 3.8) is 0 Å². The molecule has 30 heavy (non-hydrogen) atoms. The lowest BCUT2D eigenvalue weighted by Crippen LogP contribution is -2.22. The highest BCUT2D eigenvalue weighted by Crippen LogP contribution is 2.33. The van der Waals surface area contributed by atoms with Crippen LogP contribution in [0.1, 0.15) is 32.1 Å². The lowest BCUT2D eigenvalue weighted by atomic mass is 10.1. The molecular weight excluding hydrogens is 406 g/mol. The van der Waals surface area contributed by atoms with Crippen LogP contribution in [0, 0.1) is 12.7 Å². The van der Waals surface area contributed by atoms with Crippen LogP contribution in [0.5, 0.6) is 0 Å². The Labute approximate surface area is 167 Å². The lowest BCUT2D eigenvalue weighted by molar-refractivity contribution is -0.143. The highest BCUT2D eigenvalue weighted by atomic mass is 19.4. The number of halogens is 4. The molecule has 3 rings (SSSR count). The molecule has 1 aromatic heterocycles. The molecule has 2 aromatic carbocycles. The third-order valence-corrected chi connectivity index (χ3v) is 4.17. The largest absolute Gasteiger partial charge is 0.435 e. The Kier molecular flexibility index (Phi) is 5.54. The Morgan fingerprint density at radius 3 is 2.40 bits per heavy atom. The fourth-order valence-electron chi connectivity index (χ4n) is 2.75. The van der Waals surface area contributed by atoms with Gasteiger partial charge in [0.05, 0.1) is 5.69 Å². The second kappa shape index (κ2) is 7.93. The minimum absolute atomic E-state index is 0.195. The number of rotatable bonds is 4. The van der Waals surface area contributed by atoms with Crippen molar-refractivity contribution in [1.29, 1.82) is 0 Å². The minimum Gasteiger partial charge on any atom is -0.355 e. The molecule has 11 heteroatoms. The van der Waals surface area contributed by atoms with E-state index < -0.39 is 29.3 Å². The van der Waals surface area contributed by atoms with Crippen LogP contribution in [0.25, 0.3) is 5.69 Å². The van der Waals surface area contributed by atoms with Crippen LogP contribution in [0.4, 0.5) is 23.2 Å². The molecule has 3 aromatic rings. The molecule has 7 nitrogen and oxygen atoms in total. The summed E-state index contributed by atoms with van der Waals surface area (Å²) in [4.78, 5) is 24.2. The zero-order chi connectivity index (χ0) is 22.1. The van der Waals surface area contributed by atoms with Gasteiger partial charge in [0, 0.05) is 18.3 Å². The summed E-state index contributed by atoms with van der Waals surface area (Å²) < 4.78 is 54.8. The van der Waals surface area contributed by atoms with Gasteiger partial charge in [-0.2, -0.15) is 13.2 Å². The van der Waals surface area contributed by atoms with Crippen molar-refractivity contribution in [2.45, 2.75) is 13.1 Å². The molecule has 0 aliphatic heterocycles. The van der Waals surface area contributed by atoms with E-state index in [2.05, 4.69) is 20.9 Å². The van der Waals surface area contributed by atoms with E-state index in [1.807, 2.05) is 0 Å². The number of benzene rings is 2. The fourth-order valence-corrected chi connectivity index (χ4v) is 2.75. The van der Waals surface area contributed by atoms with E-state index in [0.29, 0.717) is 15.8 Å². The maximum atomic E-state index is 13.7. The van der Waals surface area contributed by atoms with E-state index in [0.717, 1.165) is 12.1 Å². The maximum absolute atomic E-state index is 13.7. The van der Waals surface area contributed by atoms with Crippen molar-refractivity contribution in [2.75, 3.05) is 12.4 Å². The van der Waals surface area contributed by atoms with Crippen molar-refractivity contribution in [1.82, 2.24) is 20.3 Å². The van der Waals surface area contributed by atoms with Crippen LogP contribution in [0.3, 0.4) is 0 Å². The van der Waals surface area contributed by atoms with Gasteiger partial charge in [0.2, 0.25) is 0 Å². The van der Waals surface area contributed by atoms with Gasteiger partial charge in [-0.3, -0.25) is 9.59 Å². The third-order valence-electron chi connectivity index (χ3n) is 4.17. The lowest BCUT2D eigenvalue weighted by Gasteiger charge is -2.12. The zero-order valence-corrected chi connectivity index (χ0v) is 15.7. The molecule has 2 N–H and O–H groups in total. The summed E-state index contributed by atoms with van der Waals surface area (Å²) >= 11 is 0. The average molecular weight is 421 g/mol. The van der Waals surface area contributed by atoms with Gasteiger partial charge in [0.25, 0.3) is 11.8 Å². The van der Waals surface area contributed by atoms with Crippen molar-refractivity contribution in [3.05, 3.63) is 70.8 Å². The molecule has 2 amide bonds. The normalized spacial score (nSPS) is 11.3. The molecule has 0 spiro atoms. The molecule has 0 fully saturated rings. The highest BCUT2D eigenvalue weighted by Gasteiger charge is 2.42. The molecule has 0 bridgehead atoms. The van der Waals surface area contributed by atoms with Gasteiger partial charge in [0.15, 0.2) is 11.4 Å². The molecule has 0 saturated heterocycles. The van der Waals surface area contributed by atoms with Crippen molar-refractivity contribution < 1.29 is 27.2 Å². The number of hydrogen-bond donors (Lipinski definition) is 2. The molecule has 0 aliphatic rings. The first-order chi connectivity index (χ1) is 14.1. The predicted octanol–water partition coefficient (Wildman–Crippen LogP) is 3.35. The zero-order valence-electron chi connectivity index (χ0n) is 15.7. The summed E-state index contributed by atoms with van der Waals surface area (Å²) in [6.07, 6.45) is -4.99. The maximum Gasteiger partial charge on any atom is 0.435 e. The number of aromatic nitrogens is 3. The van der Waals surface area contributed by atoms with Crippen LogP contribution in [-0.2, 0) is 6.18 Å². The monoisotopic (exact) mass is 421 g/mol. The SMILES string of the molecule is CNC(=O)c1ccc(NC(=O)c2nnn(-c3cccc(F)c3)c2C(F)(F)F)c(C)c1. The summed E-state index contributed by atoms with van der Waals surface area (Å²) in [5.74, 6) is -2.27. The second-order valence-electron chi connectivity index (χ2n) is 6.24. The van der Waals surface area contributed by atoms with Crippen molar-refractivity contribution >= 4 is 17.5 Å². The molecule has 0 atom stereocenters. The summed E-state index contributed by atoms with van der Waals surface area (Å²) in [5, 5.41) is 11.5. The van der Waals surface area contributed by atoms with Gasteiger partial charge in [-0.1, -0.05) is 11.3 Å². The number of hydrogen-bond acceptors (Lipinski definition) is 4. The highest BCUT2D eigenvalue weighted by molar-refractivity contribution is 6.04. The van der Waals surface area contributed by atoms with Crippen molar-refractivity contribution in [2.24, 2.45) is 0 Å². The van der Waals surface area contributed by atoms with Gasteiger partial charge in [0.1, 0.15) is 5.82 Å². The molecule has 0 aliphatic carbocycles. The van der Waals surface area contributed by atoms with Gasteiger partial charge in [-0.15, -0.1) is 5.10 Å². The Hall–Kier alpha value is -3.76. The standard InChI is InChI=1S/C19H15F4N5O2/c1-10-8-11(17(29)24-2)6-7-14(10)25-18(30)15-16(19(21,22)23)28(27-26-15)13-5-3-4-12(20)9-13/h3-9H,1-2H3,(H,24,29)(H,25,30). The predicted molar refractivity (Wildman–Crippen MR) is 98.8 cm³/mol. The van der Waals surface area contributed by atoms with Crippen LogP contribution >= 0.6 is 0 Å². The smallest absolute Gasteiger partial charge is 0.355 e. The fraction of sp³-hybridized carbons (Fsp3) is 0.158. The summed E-state index contributed by atoms with van der Waals surface area (Å²) in [6, 6.07) is 8.60. The quantitative estimate of drug-likeness (QED) is 0.633. The van der Waals surface area contributed by atoms with Crippen molar-refractivity contribution in [3.8, 4) is 5.69 Å². The van der Waals surface area contributed by atoms with Crippen LogP contribution in [-0.4, -0.2) is 33.9 Å². The van der Waals surface area contributed by atoms with Crippen LogP contribution < -0.4 is 10.6 Å². The first kappa shape index (κ1) is 21.0.